The highest BCUT2D eigenvalue weighted by molar-refractivity contribution is 5.89. The molecule has 0 fully saturated rings. The lowest BCUT2D eigenvalue weighted by Crippen LogP contribution is -2.52. The van der Waals surface area contributed by atoms with Crippen molar-refractivity contribution in [2.75, 3.05) is 20.3 Å². The summed E-state index contributed by atoms with van der Waals surface area (Å²) in [6.45, 7) is 11.9. The number of alkyl carbamates (subject to hydrolysis) is 2. The predicted octanol–water partition coefficient (Wildman–Crippen LogP) is 3.51. The monoisotopic (exact) mass is 534 g/mol. The van der Waals surface area contributed by atoms with Crippen LogP contribution in [0.1, 0.15) is 81.6 Å². The van der Waals surface area contributed by atoms with Crippen LogP contribution >= 0.6 is 0 Å². The van der Waals surface area contributed by atoms with Crippen molar-refractivity contribution in [2.45, 2.75) is 71.1 Å². The van der Waals surface area contributed by atoms with Crippen LogP contribution < -0.4 is 16.0 Å². The Morgan fingerprint density at radius 3 is 2.37 bits per heavy atom. The Labute approximate surface area is 222 Å². The molecule has 12 heteroatoms. The average Bonchev–Trinajstić information content (AvgIpc) is 3.51. The summed E-state index contributed by atoms with van der Waals surface area (Å²) < 4.78 is 21.3. The smallest absolute Gasteiger partial charge is 0.408 e. The molecule has 1 heterocycles. The van der Waals surface area contributed by atoms with Gasteiger partial charge in [-0.15, -0.1) is 6.58 Å². The van der Waals surface area contributed by atoms with E-state index in [1.54, 1.807) is 20.8 Å². The zero-order chi connectivity index (χ0) is 28.5. The predicted molar refractivity (Wildman–Crippen MR) is 137 cm³/mol. The number of esters is 1. The molecule has 12 nitrogen and oxygen atoms in total. The first-order valence-corrected chi connectivity index (χ1v) is 12.4. The minimum Gasteiger partial charge on any atom is -0.464 e. The molecular weight excluding hydrogens is 496 g/mol. The first-order chi connectivity index (χ1) is 17.9. The Morgan fingerprint density at radius 1 is 1.16 bits per heavy atom. The zero-order valence-electron chi connectivity index (χ0n) is 22.8. The minimum absolute atomic E-state index is 0.0572. The van der Waals surface area contributed by atoms with E-state index in [1.807, 2.05) is 26.0 Å². The van der Waals surface area contributed by atoms with Gasteiger partial charge in [0.2, 0.25) is 11.8 Å². The van der Waals surface area contributed by atoms with E-state index in [0.717, 1.165) is 0 Å². The van der Waals surface area contributed by atoms with E-state index in [9.17, 15) is 19.2 Å². The molecule has 0 aliphatic heterocycles. The van der Waals surface area contributed by atoms with Gasteiger partial charge < -0.3 is 34.6 Å². The summed E-state index contributed by atoms with van der Waals surface area (Å²) in [5.41, 5.74) is -0.761. The van der Waals surface area contributed by atoms with E-state index in [-0.39, 0.29) is 30.0 Å². The van der Waals surface area contributed by atoms with Gasteiger partial charge in [-0.1, -0.05) is 32.1 Å². The lowest BCUT2D eigenvalue weighted by molar-refractivity contribution is -0.125. The second-order valence-corrected chi connectivity index (χ2v) is 10.1. The van der Waals surface area contributed by atoms with E-state index in [4.69, 9.17) is 18.6 Å². The van der Waals surface area contributed by atoms with Crippen molar-refractivity contribution >= 4 is 24.1 Å². The number of nitrogens with zero attached hydrogens (tertiary/aromatic N) is 1. The maximum absolute atomic E-state index is 13.3. The number of rotatable bonds is 11. The molecule has 38 heavy (non-hydrogen) atoms. The van der Waals surface area contributed by atoms with Gasteiger partial charge in [0, 0.05) is 12.5 Å². The molecule has 2 atom stereocenters. The van der Waals surface area contributed by atoms with E-state index in [1.165, 1.54) is 13.2 Å². The van der Waals surface area contributed by atoms with Crippen LogP contribution in [-0.2, 0) is 19.0 Å². The van der Waals surface area contributed by atoms with Crippen LogP contribution in [0.2, 0.25) is 0 Å². The van der Waals surface area contributed by atoms with Crippen LogP contribution in [0.5, 0.6) is 0 Å². The molecule has 0 bridgehead atoms. The number of aromatic nitrogens is 1. The molecule has 210 valence electrons. The van der Waals surface area contributed by atoms with Crippen molar-refractivity contribution in [1.82, 2.24) is 20.9 Å². The van der Waals surface area contributed by atoms with Gasteiger partial charge in [-0.2, -0.15) is 0 Å². The number of methoxy groups -OCH3 is 1. The topological polar surface area (TPSA) is 158 Å². The number of oxazole rings is 1. The standard InChI is InChI=1S/C26H38N4O8/c1-8-13-27-24(33)36-14-17(28-25(34)38-26(4,5)6)21(31)29-18(15(2)3)22-30-19(23(32)35-7)20(37-22)16-11-9-10-12-16/h8-10,15-18H,1,11-14H2,2-7H3,(H,27,33)(H,28,34)(H,29,31)/t17-,18-/m0/s1. The highest BCUT2D eigenvalue weighted by atomic mass is 16.6. The van der Waals surface area contributed by atoms with Crippen molar-refractivity contribution < 1.29 is 37.8 Å². The molecule has 2 rings (SSSR count). The van der Waals surface area contributed by atoms with Crippen LogP contribution in [0.4, 0.5) is 9.59 Å². The maximum atomic E-state index is 13.3. The SMILES string of the molecule is C=CCNC(=O)OC[C@H](NC(=O)OC(C)(C)C)C(=O)N[C@H](c1nc(C(=O)OC)c(C2CC=CC2)o1)C(C)C. The van der Waals surface area contributed by atoms with Gasteiger partial charge >= 0.3 is 18.2 Å². The normalized spacial score (nSPS) is 14.9. The van der Waals surface area contributed by atoms with Crippen molar-refractivity contribution in [2.24, 2.45) is 5.92 Å². The second-order valence-electron chi connectivity index (χ2n) is 10.1. The molecule has 1 aromatic heterocycles. The lowest BCUT2D eigenvalue weighted by Gasteiger charge is -2.25. The molecule has 0 aromatic carbocycles. The van der Waals surface area contributed by atoms with Crippen molar-refractivity contribution in [1.29, 1.82) is 0 Å². The van der Waals surface area contributed by atoms with E-state index < -0.39 is 48.4 Å². The number of hydrogen-bond acceptors (Lipinski definition) is 9. The summed E-state index contributed by atoms with van der Waals surface area (Å²) in [6, 6.07) is -2.07. The third-order valence-corrected chi connectivity index (χ3v) is 5.44. The molecule has 1 aliphatic carbocycles. The van der Waals surface area contributed by atoms with Crippen LogP contribution in [0.3, 0.4) is 0 Å². The first-order valence-electron chi connectivity index (χ1n) is 12.4. The number of carbonyl (C=O) groups excluding carboxylic acids is 4. The second kappa shape index (κ2) is 13.6. The van der Waals surface area contributed by atoms with Crippen molar-refractivity contribution in [3.05, 3.63) is 42.2 Å². The fourth-order valence-corrected chi connectivity index (χ4v) is 3.60. The molecule has 0 radical (unpaired) electrons. The molecule has 3 amide bonds. The van der Waals surface area contributed by atoms with Gasteiger partial charge in [0.1, 0.15) is 30.1 Å². The molecule has 0 saturated heterocycles. The van der Waals surface area contributed by atoms with E-state index in [0.29, 0.717) is 18.6 Å². The van der Waals surface area contributed by atoms with Crippen molar-refractivity contribution in [3.63, 3.8) is 0 Å². The number of hydrogen-bond donors (Lipinski definition) is 3. The van der Waals surface area contributed by atoms with Gasteiger partial charge in [0.05, 0.1) is 7.11 Å². The largest absolute Gasteiger partial charge is 0.464 e. The summed E-state index contributed by atoms with van der Waals surface area (Å²) in [5.74, 6) is -1.10. The summed E-state index contributed by atoms with van der Waals surface area (Å²) in [6.07, 6.45) is 5.16. The minimum atomic E-state index is -1.30. The van der Waals surface area contributed by atoms with Crippen LogP contribution in [-0.4, -0.2) is 61.0 Å². The first kappa shape index (κ1) is 30.4. The van der Waals surface area contributed by atoms with Gasteiger partial charge in [0.15, 0.2) is 5.69 Å². The number of carbonyl (C=O) groups is 4. The van der Waals surface area contributed by atoms with Gasteiger partial charge in [-0.05, 0) is 39.5 Å². The average molecular weight is 535 g/mol. The number of ether oxygens (including phenoxy) is 3. The lowest BCUT2D eigenvalue weighted by atomic mass is 10.0. The van der Waals surface area contributed by atoms with Gasteiger partial charge in [0.25, 0.3) is 0 Å². The molecular formula is C26H38N4O8. The van der Waals surface area contributed by atoms with Crippen LogP contribution in [0, 0.1) is 5.92 Å². The third-order valence-electron chi connectivity index (χ3n) is 5.44. The summed E-state index contributed by atoms with van der Waals surface area (Å²) >= 11 is 0. The Morgan fingerprint density at radius 2 is 1.82 bits per heavy atom. The molecule has 0 unspecified atom stereocenters. The Kier molecular flexibility index (Phi) is 10.9. The van der Waals surface area contributed by atoms with Crippen molar-refractivity contribution in [3.8, 4) is 0 Å². The molecule has 1 aromatic rings. The number of allylic oxidation sites excluding steroid dienone is 2. The zero-order valence-corrected chi connectivity index (χ0v) is 22.8. The maximum Gasteiger partial charge on any atom is 0.408 e. The fourth-order valence-electron chi connectivity index (χ4n) is 3.60. The number of nitrogens with one attached hydrogen (secondary N) is 3. The van der Waals surface area contributed by atoms with Gasteiger partial charge in [-0.25, -0.2) is 19.4 Å². The van der Waals surface area contributed by atoms with E-state index in [2.05, 4.69) is 27.5 Å². The summed E-state index contributed by atoms with van der Waals surface area (Å²) in [5, 5.41) is 7.66. The van der Waals surface area contributed by atoms with Gasteiger partial charge in [-0.3, -0.25) is 4.79 Å². The molecule has 0 saturated carbocycles. The third kappa shape index (κ3) is 8.93. The Hall–Kier alpha value is -3.83. The van der Waals surface area contributed by atoms with Crippen LogP contribution in [0.15, 0.2) is 29.2 Å². The Bertz CT molecular complexity index is 1030. The summed E-state index contributed by atoms with van der Waals surface area (Å²) in [7, 11) is 1.26. The quantitative estimate of drug-likeness (QED) is 0.219. The molecule has 0 spiro atoms. The Balaban J connectivity index is 2.28. The fraction of sp³-hybridized carbons (Fsp3) is 0.577. The highest BCUT2D eigenvalue weighted by Crippen LogP contribution is 2.35. The molecule has 1 aliphatic rings. The highest BCUT2D eigenvalue weighted by Gasteiger charge is 2.34. The molecule has 3 N–H and O–H groups in total. The summed E-state index contributed by atoms with van der Waals surface area (Å²) in [4.78, 5) is 54.4. The van der Waals surface area contributed by atoms with E-state index >= 15 is 0 Å². The number of amides is 3. The van der Waals surface area contributed by atoms with Crippen LogP contribution in [0.25, 0.3) is 0 Å².